The minimum atomic E-state index is -1.06. The van der Waals surface area contributed by atoms with Gasteiger partial charge in [-0.15, -0.1) is 11.3 Å². The van der Waals surface area contributed by atoms with Crippen LogP contribution in [0.15, 0.2) is 29.6 Å². The van der Waals surface area contributed by atoms with E-state index >= 15 is 0 Å². The molecule has 1 aromatic carbocycles. The monoisotopic (exact) mass is 409 g/mol. The Labute approximate surface area is 165 Å². The molecule has 2 aromatic rings. The van der Waals surface area contributed by atoms with E-state index in [2.05, 4.69) is 15.6 Å². The number of halogens is 1. The van der Waals surface area contributed by atoms with Gasteiger partial charge in [0.05, 0.1) is 12.1 Å². The summed E-state index contributed by atoms with van der Waals surface area (Å²) in [5.41, 5.74) is 0.850. The maximum atomic E-state index is 12.2. The van der Waals surface area contributed by atoms with Crippen molar-refractivity contribution in [3.63, 3.8) is 0 Å². The maximum absolute atomic E-state index is 12.2. The molecule has 3 N–H and O–H groups in total. The van der Waals surface area contributed by atoms with Crippen molar-refractivity contribution in [2.24, 2.45) is 5.92 Å². The normalized spacial score (nSPS) is 11.9. The van der Waals surface area contributed by atoms with Crippen molar-refractivity contribution in [1.82, 2.24) is 10.3 Å². The Bertz CT molecular complexity index is 838. The molecular formula is C18H20ClN3O4S. The van der Waals surface area contributed by atoms with Gasteiger partial charge in [0.2, 0.25) is 5.91 Å². The third kappa shape index (κ3) is 6.65. The average Bonchev–Trinajstić information content (AvgIpc) is 3.00. The van der Waals surface area contributed by atoms with E-state index in [0.717, 1.165) is 0 Å². The number of nitrogens with zero attached hydrogens (tertiary/aromatic N) is 1. The number of anilines is 1. The number of hydrogen-bond acceptors (Lipinski definition) is 5. The molecule has 144 valence electrons. The van der Waals surface area contributed by atoms with Crippen LogP contribution in [0.25, 0.3) is 0 Å². The number of benzene rings is 1. The van der Waals surface area contributed by atoms with Gasteiger partial charge in [-0.25, -0.2) is 9.78 Å². The summed E-state index contributed by atoms with van der Waals surface area (Å²) in [7, 11) is 0. The van der Waals surface area contributed by atoms with Crippen molar-refractivity contribution >= 4 is 45.9 Å². The van der Waals surface area contributed by atoms with E-state index in [1.165, 1.54) is 11.3 Å². The third-order valence-corrected chi connectivity index (χ3v) is 4.58. The number of carbonyl (C=O) groups excluding carboxylic acids is 2. The van der Waals surface area contributed by atoms with Gasteiger partial charge >= 0.3 is 5.97 Å². The van der Waals surface area contributed by atoms with E-state index < -0.39 is 17.9 Å². The first-order valence-corrected chi connectivity index (χ1v) is 9.54. The lowest BCUT2D eigenvalue weighted by Crippen LogP contribution is -2.42. The summed E-state index contributed by atoms with van der Waals surface area (Å²) in [5.74, 6) is -1.71. The SMILES string of the molecule is CC(C)CC(NC(=O)Cc1csc(NC(=O)c2cccc(Cl)c2)n1)C(=O)O. The molecule has 2 rings (SSSR count). The van der Waals surface area contributed by atoms with Gasteiger partial charge in [-0.05, 0) is 30.5 Å². The molecule has 0 saturated heterocycles. The Morgan fingerprint density at radius 2 is 2.04 bits per heavy atom. The van der Waals surface area contributed by atoms with Crippen LogP contribution in [0.5, 0.6) is 0 Å². The van der Waals surface area contributed by atoms with Gasteiger partial charge in [-0.2, -0.15) is 0 Å². The number of thiazole rings is 1. The Morgan fingerprint density at radius 3 is 2.67 bits per heavy atom. The summed E-state index contributed by atoms with van der Waals surface area (Å²) in [6, 6.07) is 5.58. The average molecular weight is 410 g/mol. The lowest BCUT2D eigenvalue weighted by atomic mass is 10.0. The van der Waals surface area contributed by atoms with Gasteiger partial charge in [0.1, 0.15) is 6.04 Å². The highest BCUT2D eigenvalue weighted by Crippen LogP contribution is 2.18. The molecule has 27 heavy (non-hydrogen) atoms. The molecule has 0 aliphatic heterocycles. The van der Waals surface area contributed by atoms with E-state index in [1.807, 2.05) is 13.8 Å². The van der Waals surface area contributed by atoms with Crippen molar-refractivity contribution < 1.29 is 19.5 Å². The zero-order chi connectivity index (χ0) is 20.0. The standard InChI is InChI=1S/C18H20ClN3O4S/c1-10(2)6-14(17(25)26)21-15(23)8-13-9-27-18(20-13)22-16(24)11-4-3-5-12(19)7-11/h3-5,7,9-10,14H,6,8H2,1-2H3,(H,21,23)(H,25,26)(H,20,22,24). The summed E-state index contributed by atoms with van der Waals surface area (Å²) in [5, 5.41) is 16.8. The number of carbonyl (C=O) groups is 3. The Hall–Kier alpha value is -2.45. The lowest BCUT2D eigenvalue weighted by molar-refractivity contribution is -0.142. The molecule has 1 unspecified atom stereocenters. The van der Waals surface area contributed by atoms with E-state index in [9.17, 15) is 19.5 Å². The predicted octanol–water partition coefficient (Wildman–Crippen LogP) is 3.21. The van der Waals surface area contributed by atoms with E-state index in [0.29, 0.717) is 27.8 Å². The Balaban J connectivity index is 1.94. The molecule has 7 nitrogen and oxygen atoms in total. The summed E-state index contributed by atoms with van der Waals surface area (Å²) in [6.45, 7) is 3.77. The fourth-order valence-electron chi connectivity index (χ4n) is 2.35. The number of carboxylic acids is 1. The molecule has 0 bridgehead atoms. The van der Waals surface area contributed by atoms with Gasteiger partial charge in [0, 0.05) is 16.0 Å². The first kappa shape index (κ1) is 20.9. The molecule has 2 amide bonds. The molecule has 0 aliphatic rings. The summed E-state index contributed by atoms with van der Waals surface area (Å²) in [6.07, 6.45) is 0.282. The molecule has 9 heteroatoms. The number of aromatic nitrogens is 1. The number of aliphatic carboxylic acids is 1. The number of amides is 2. The van der Waals surface area contributed by atoms with Gasteiger partial charge in [0.25, 0.3) is 5.91 Å². The smallest absolute Gasteiger partial charge is 0.326 e. The zero-order valence-electron chi connectivity index (χ0n) is 14.9. The largest absolute Gasteiger partial charge is 0.480 e. The number of nitrogens with one attached hydrogen (secondary N) is 2. The first-order valence-electron chi connectivity index (χ1n) is 8.28. The highest BCUT2D eigenvalue weighted by Gasteiger charge is 2.21. The van der Waals surface area contributed by atoms with Crippen LogP contribution in [-0.4, -0.2) is 33.9 Å². The summed E-state index contributed by atoms with van der Waals surface area (Å²) in [4.78, 5) is 39.7. The molecule has 0 radical (unpaired) electrons. The second kappa shape index (κ2) is 9.48. The van der Waals surface area contributed by atoms with E-state index in [4.69, 9.17) is 11.6 Å². The van der Waals surface area contributed by atoms with Crippen LogP contribution in [0.4, 0.5) is 5.13 Å². The fourth-order valence-corrected chi connectivity index (χ4v) is 3.24. The molecule has 0 aliphatic carbocycles. The van der Waals surface area contributed by atoms with Gasteiger partial charge in [-0.1, -0.05) is 31.5 Å². The van der Waals surface area contributed by atoms with Gasteiger partial charge in [0.15, 0.2) is 5.13 Å². The van der Waals surface area contributed by atoms with Crippen molar-refractivity contribution in [2.45, 2.75) is 32.7 Å². The molecule has 0 spiro atoms. The molecule has 1 aromatic heterocycles. The van der Waals surface area contributed by atoms with Crippen LogP contribution >= 0.6 is 22.9 Å². The second-order valence-electron chi connectivity index (χ2n) is 6.37. The van der Waals surface area contributed by atoms with E-state index in [-0.39, 0.29) is 18.2 Å². The van der Waals surface area contributed by atoms with Gasteiger partial charge in [-0.3, -0.25) is 14.9 Å². The Morgan fingerprint density at radius 1 is 1.30 bits per heavy atom. The topological polar surface area (TPSA) is 108 Å². The highest BCUT2D eigenvalue weighted by atomic mass is 35.5. The number of hydrogen-bond donors (Lipinski definition) is 3. The van der Waals surface area contributed by atoms with E-state index in [1.54, 1.807) is 29.6 Å². The zero-order valence-corrected chi connectivity index (χ0v) is 16.4. The van der Waals surface area contributed by atoms with Crippen molar-refractivity contribution in [2.75, 3.05) is 5.32 Å². The third-order valence-electron chi connectivity index (χ3n) is 3.54. The number of carboxylic acid groups (broad SMARTS) is 1. The van der Waals surface area contributed by atoms with Crippen LogP contribution in [0.2, 0.25) is 5.02 Å². The van der Waals surface area contributed by atoms with Crippen LogP contribution < -0.4 is 10.6 Å². The van der Waals surface area contributed by atoms with Gasteiger partial charge < -0.3 is 10.4 Å². The molecule has 1 atom stereocenters. The van der Waals surface area contributed by atoms with Crippen molar-refractivity contribution in [1.29, 1.82) is 0 Å². The summed E-state index contributed by atoms with van der Waals surface area (Å²) >= 11 is 7.05. The fraction of sp³-hybridized carbons (Fsp3) is 0.333. The maximum Gasteiger partial charge on any atom is 0.326 e. The van der Waals surface area contributed by atoms with Crippen LogP contribution in [0, 0.1) is 5.92 Å². The predicted molar refractivity (Wildman–Crippen MR) is 104 cm³/mol. The van der Waals surface area contributed by atoms with Crippen LogP contribution in [0.1, 0.15) is 36.3 Å². The highest BCUT2D eigenvalue weighted by molar-refractivity contribution is 7.14. The quantitative estimate of drug-likeness (QED) is 0.620. The lowest BCUT2D eigenvalue weighted by Gasteiger charge is -2.16. The first-order chi connectivity index (χ1) is 12.7. The second-order valence-corrected chi connectivity index (χ2v) is 7.67. The minimum Gasteiger partial charge on any atom is -0.480 e. The number of rotatable bonds is 8. The molecule has 1 heterocycles. The Kier molecular flexibility index (Phi) is 7.32. The van der Waals surface area contributed by atoms with Crippen LogP contribution in [0.3, 0.4) is 0 Å². The minimum absolute atomic E-state index is 0.0641. The molecular weight excluding hydrogens is 390 g/mol. The molecule has 0 saturated carbocycles. The van der Waals surface area contributed by atoms with Crippen molar-refractivity contribution in [3.8, 4) is 0 Å². The van der Waals surface area contributed by atoms with Crippen LogP contribution in [-0.2, 0) is 16.0 Å². The molecule has 0 fully saturated rings. The summed E-state index contributed by atoms with van der Waals surface area (Å²) < 4.78 is 0. The van der Waals surface area contributed by atoms with Crippen molar-refractivity contribution in [3.05, 3.63) is 45.9 Å².